The van der Waals surface area contributed by atoms with Crippen LogP contribution in [0.25, 0.3) is 5.70 Å². The highest BCUT2D eigenvalue weighted by atomic mass is 32.1. The zero-order valence-electron chi connectivity index (χ0n) is 13.8. The molecule has 1 aromatic rings. The number of rotatable bonds is 6. The molecule has 25 heavy (non-hydrogen) atoms. The van der Waals surface area contributed by atoms with Crippen molar-refractivity contribution in [1.82, 2.24) is 20.2 Å². The number of methoxy groups -OCH3 is 1. The Hall–Kier alpha value is -2.65. The molecule has 1 aliphatic rings. The van der Waals surface area contributed by atoms with E-state index in [-0.39, 0.29) is 17.4 Å². The second-order valence-electron chi connectivity index (χ2n) is 5.23. The maximum Gasteiger partial charge on any atom is 0.256 e. The molecule has 134 valence electrons. The first-order valence-electron chi connectivity index (χ1n) is 7.55. The van der Waals surface area contributed by atoms with Crippen molar-refractivity contribution in [2.75, 3.05) is 13.7 Å². The summed E-state index contributed by atoms with van der Waals surface area (Å²) in [7, 11) is 1.47. The second kappa shape index (κ2) is 9.00. The number of nitrogens with one attached hydrogen (secondary N) is 2. The van der Waals surface area contributed by atoms with Gasteiger partial charge in [0.15, 0.2) is 0 Å². The van der Waals surface area contributed by atoms with E-state index in [1.165, 1.54) is 13.2 Å². The van der Waals surface area contributed by atoms with Crippen LogP contribution in [0.4, 0.5) is 4.39 Å². The molecule has 0 fully saturated rings. The molecule has 0 aromatic carbocycles. The van der Waals surface area contributed by atoms with Crippen molar-refractivity contribution in [3.8, 4) is 0 Å². The van der Waals surface area contributed by atoms with Gasteiger partial charge in [0.2, 0.25) is 0 Å². The van der Waals surface area contributed by atoms with Gasteiger partial charge in [-0.25, -0.2) is 9.37 Å². The molecule has 0 bridgehead atoms. The lowest BCUT2D eigenvalue weighted by Crippen LogP contribution is -2.28. The summed E-state index contributed by atoms with van der Waals surface area (Å²) in [6.07, 6.45) is 10.1. The lowest BCUT2D eigenvalue weighted by atomic mass is 10.3. The molecular formula is C16H21FN6OS. The Kier molecular flexibility index (Phi) is 6.72. The number of imidazole rings is 1. The van der Waals surface area contributed by atoms with Crippen molar-refractivity contribution >= 4 is 23.1 Å². The van der Waals surface area contributed by atoms with Gasteiger partial charge < -0.3 is 31.4 Å². The van der Waals surface area contributed by atoms with Gasteiger partial charge in [-0.2, -0.15) is 0 Å². The summed E-state index contributed by atoms with van der Waals surface area (Å²) in [5.74, 6) is -0.281. The number of nitrogens with two attached hydrogens (primary N) is 2. The number of hydrogen-bond acceptors (Lipinski definition) is 6. The molecule has 0 saturated heterocycles. The molecule has 2 rings (SSSR count). The third-order valence-corrected chi connectivity index (χ3v) is 3.65. The summed E-state index contributed by atoms with van der Waals surface area (Å²) in [5.41, 5.74) is 14.0. The standard InChI is InChI=1S/C16H21FN6OS/c1-24-16(25)21-8-12(19)7-20-13-2-3-15(5-11(17)4-13)23-9-14(6-18)22-10-23/h2-4,7,9-10,20H,5-6,8,18-19H2,1H3,(H,21,25)/b12-7-. The molecule has 0 saturated carbocycles. The Labute approximate surface area is 150 Å². The van der Waals surface area contributed by atoms with Crippen LogP contribution >= 0.6 is 12.2 Å². The molecule has 0 radical (unpaired) electrons. The lowest BCUT2D eigenvalue weighted by Gasteiger charge is -2.07. The largest absolute Gasteiger partial charge is 0.474 e. The van der Waals surface area contributed by atoms with E-state index in [4.69, 9.17) is 28.4 Å². The molecule has 0 spiro atoms. The molecular weight excluding hydrogens is 343 g/mol. The van der Waals surface area contributed by atoms with Gasteiger partial charge in [-0.3, -0.25) is 0 Å². The molecule has 1 aliphatic carbocycles. The normalized spacial score (nSPS) is 14.8. The van der Waals surface area contributed by atoms with Gasteiger partial charge in [-0.15, -0.1) is 0 Å². The fourth-order valence-corrected chi connectivity index (χ4v) is 2.12. The van der Waals surface area contributed by atoms with E-state index in [1.54, 1.807) is 29.4 Å². The van der Waals surface area contributed by atoms with Gasteiger partial charge in [0, 0.05) is 42.5 Å². The van der Waals surface area contributed by atoms with E-state index in [2.05, 4.69) is 15.6 Å². The summed E-state index contributed by atoms with van der Waals surface area (Å²) < 4.78 is 20.7. The van der Waals surface area contributed by atoms with Crippen LogP contribution in [0.3, 0.4) is 0 Å². The summed E-state index contributed by atoms with van der Waals surface area (Å²) in [5, 5.41) is 6.03. The maximum absolute atomic E-state index is 14.1. The number of hydrogen-bond donors (Lipinski definition) is 4. The average Bonchev–Trinajstić information content (AvgIpc) is 3.01. The van der Waals surface area contributed by atoms with Crippen LogP contribution in [-0.2, 0) is 11.3 Å². The Morgan fingerprint density at radius 2 is 2.32 bits per heavy atom. The van der Waals surface area contributed by atoms with E-state index in [9.17, 15) is 4.39 Å². The van der Waals surface area contributed by atoms with Gasteiger partial charge in [-0.1, -0.05) is 0 Å². The van der Waals surface area contributed by atoms with E-state index >= 15 is 0 Å². The number of halogens is 1. The van der Waals surface area contributed by atoms with E-state index in [0.29, 0.717) is 24.5 Å². The average molecular weight is 364 g/mol. The molecule has 7 nitrogen and oxygen atoms in total. The van der Waals surface area contributed by atoms with Crippen molar-refractivity contribution in [1.29, 1.82) is 0 Å². The molecule has 0 atom stereocenters. The van der Waals surface area contributed by atoms with E-state index in [0.717, 1.165) is 11.4 Å². The number of nitrogens with zero attached hydrogens (tertiary/aromatic N) is 2. The molecule has 0 amide bonds. The van der Waals surface area contributed by atoms with Crippen molar-refractivity contribution < 1.29 is 9.13 Å². The molecule has 6 N–H and O–H groups in total. The Morgan fingerprint density at radius 3 is 3.00 bits per heavy atom. The van der Waals surface area contributed by atoms with Crippen LogP contribution in [0.2, 0.25) is 0 Å². The number of aromatic nitrogens is 2. The molecule has 1 heterocycles. The Morgan fingerprint density at radius 1 is 1.52 bits per heavy atom. The van der Waals surface area contributed by atoms with E-state index in [1.807, 2.05) is 6.08 Å². The lowest BCUT2D eigenvalue weighted by molar-refractivity contribution is 0.395. The first kappa shape index (κ1) is 18.7. The molecule has 0 unspecified atom stereocenters. The van der Waals surface area contributed by atoms with Crippen LogP contribution in [0.1, 0.15) is 12.1 Å². The maximum atomic E-state index is 14.1. The minimum Gasteiger partial charge on any atom is -0.474 e. The smallest absolute Gasteiger partial charge is 0.256 e. The van der Waals surface area contributed by atoms with Crippen LogP contribution in [0, 0.1) is 0 Å². The Balaban J connectivity index is 2.05. The molecule has 0 aliphatic heterocycles. The Bertz CT molecular complexity index is 750. The van der Waals surface area contributed by atoms with Crippen molar-refractivity contribution in [3.63, 3.8) is 0 Å². The van der Waals surface area contributed by atoms with Crippen molar-refractivity contribution in [2.45, 2.75) is 13.0 Å². The first-order valence-corrected chi connectivity index (χ1v) is 7.95. The quantitative estimate of drug-likeness (QED) is 0.563. The fraction of sp³-hybridized carbons (Fsp3) is 0.250. The fourth-order valence-electron chi connectivity index (χ4n) is 2.05. The van der Waals surface area contributed by atoms with Crippen LogP contribution < -0.4 is 22.1 Å². The summed E-state index contributed by atoms with van der Waals surface area (Å²) in [4.78, 5) is 4.15. The minimum atomic E-state index is -0.281. The summed E-state index contributed by atoms with van der Waals surface area (Å²) in [6.45, 7) is 0.656. The number of ether oxygens (including phenoxy) is 1. The predicted molar refractivity (Wildman–Crippen MR) is 99.3 cm³/mol. The zero-order valence-corrected chi connectivity index (χ0v) is 14.6. The van der Waals surface area contributed by atoms with Crippen LogP contribution in [0.5, 0.6) is 0 Å². The van der Waals surface area contributed by atoms with Crippen LogP contribution in [-0.4, -0.2) is 28.4 Å². The third-order valence-electron chi connectivity index (χ3n) is 3.34. The highest BCUT2D eigenvalue weighted by Gasteiger charge is 2.09. The monoisotopic (exact) mass is 364 g/mol. The first-order chi connectivity index (χ1) is 12.0. The molecule has 1 aromatic heterocycles. The number of thiocarbonyl (C=S) groups is 1. The predicted octanol–water partition coefficient (Wildman–Crippen LogP) is 1.23. The minimum absolute atomic E-state index is 0.158. The SMILES string of the molecule is COC(=S)NC/C(N)=C/NC1=CC=C(n2cnc(CN)c2)CC(F)=C1. The van der Waals surface area contributed by atoms with Gasteiger partial charge >= 0.3 is 0 Å². The van der Waals surface area contributed by atoms with Crippen molar-refractivity contribution in [3.05, 3.63) is 59.9 Å². The summed E-state index contributed by atoms with van der Waals surface area (Å²) in [6, 6.07) is 0. The van der Waals surface area contributed by atoms with Gasteiger partial charge in [0.1, 0.15) is 5.83 Å². The van der Waals surface area contributed by atoms with Gasteiger partial charge in [0.05, 0.1) is 25.7 Å². The van der Waals surface area contributed by atoms with Gasteiger partial charge in [-0.05, 0) is 30.4 Å². The zero-order chi connectivity index (χ0) is 18.2. The van der Waals surface area contributed by atoms with Crippen LogP contribution in [0.15, 0.2) is 54.2 Å². The third kappa shape index (κ3) is 5.73. The van der Waals surface area contributed by atoms with Gasteiger partial charge in [0.25, 0.3) is 5.17 Å². The highest BCUT2D eigenvalue weighted by Crippen LogP contribution is 2.22. The van der Waals surface area contributed by atoms with E-state index < -0.39 is 0 Å². The number of allylic oxidation sites excluding steroid dienone is 5. The molecule has 9 heteroatoms. The topological polar surface area (TPSA) is 103 Å². The van der Waals surface area contributed by atoms with Crippen molar-refractivity contribution in [2.24, 2.45) is 11.5 Å². The summed E-state index contributed by atoms with van der Waals surface area (Å²) >= 11 is 4.86. The second-order valence-corrected chi connectivity index (χ2v) is 5.60. The highest BCUT2D eigenvalue weighted by molar-refractivity contribution is 7.80.